The summed E-state index contributed by atoms with van der Waals surface area (Å²) in [4.78, 5) is 3.98. The van der Waals surface area contributed by atoms with Crippen molar-refractivity contribution in [3.05, 3.63) is 12.2 Å². The van der Waals surface area contributed by atoms with Gasteiger partial charge in [-0.25, -0.2) is 4.98 Å². The monoisotopic (exact) mass is 186 g/mol. The van der Waals surface area contributed by atoms with Crippen LogP contribution in [0, 0.1) is 0 Å². The molecule has 3 N–H and O–H groups in total. The van der Waals surface area contributed by atoms with E-state index in [1.807, 2.05) is 0 Å². The van der Waals surface area contributed by atoms with E-state index in [0.29, 0.717) is 13.1 Å². The van der Waals surface area contributed by atoms with Crippen molar-refractivity contribution in [2.45, 2.75) is 12.6 Å². The van der Waals surface area contributed by atoms with E-state index in [1.165, 1.54) is 6.33 Å². The number of hydrogen-bond acceptors (Lipinski definition) is 5. The molecule has 1 aromatic heterocycles. The first-order chi connectivity index (χ1) is 6.24. The molecule has 0 fully saturated rings. The van der Waals surface area contributed by atoms with Crippen LogP contribution in [0.15, 0.2) is 6.33 Å². The zero-order chi connectivity index (χ0) is 9.68. The fourth-order valence-electron chi connectivity index (χ4n) is 0.895. The molecule has 1 aromatic rings. The van der Waals surface area contributed by atoms with Crippen LogP contribution in [0.2, 0.25) is 0 Å². The first-order valence-electron chi connectivity index (χ1n) is 4.06. The highest BCUT2D eigenvalue weighted by Gasteiger charge is 2.02. The lowest BCUT2D eigenvalue weighted by atomic mass is 10.4. The number of rotatable bonds is 5. The van der Waals surface area contributed by atoms with E-state index in [2.05, 4.69) is 15.4 Å². The molecule has 1 atom stereocenters. The average molecular weight is 186 g/mol. The molecule has 0 aliphatic carbocycles. The Labute approximate surface area is 76.2 Å². The van der Waals surface area contributed by atoms with E-state index in [1.54, 1.807) is 11.7 Å². The number of aliphatic hydroxyl groups is 2. The van der Waals surface area contributed by atoms with E-state index in [0.717, 1.165) is 5.82 Å². The molecular weight excluding hydrogens is 172 g/mol. The molecule has 1 rings (SSSR count). The molecule has 6 nitrogen and oxygen atoms in total. The second-order valence-electron chi connectivity index (χ2n) is 2.77. The summed E-state index contributed by atoms with van der Waals surface area (Å²) in [5.41, 5.74) is 0. The van der Waals surface area contributed by atoms with Gasteiger partial charge in [0, 0.05) is 13.6 Å². The molecule has 0 amide bonds. The predicted molar refractivity (Wildman–Crippen MR) is 45.8 cm³/mol. The Morgan fingerprint density at radius 1 is 1.69 bits per heavy atom. The highest BCUT2D eigenvalue weighted by molar-refractivity contribution is 4.82. The van der Waals surface area contributed by atoms with Crippen molar-refractivity contribution in [1.82, 2.24) is 20.1 Å². The Balaban J connectivity index is 2.24. The van der Waals surface area contributed by atoms with Crippen LogP contribution < -0.4 is 5.32 Å². The standard InChI is InChI=1S/C7H14N4O2/c1-11-7(9-5-10-11)3-8-2-6(13)4-12/h5-6,8,12-13H,2-4H2,1H3. The lowest BCUT2D eigenvalue weighted by Crippen LogP contribution is -2.29. The Kier molecular flexibility index (Phi) is 3.81. The van der Waals surface area contributed by atoms with Crippen LogP contribution in [0.3, 0.4) is 0 Å². The van der Waals surface area contributed by atoms with Gasteiger partial charge < -0.3 is 15.5 Å². The van der Waals surface area contributed by atoms with Gasteiger partial charge >= 0.3 is 0 Å². The summed E-state index contributed by atoms with van der Waals surface area (Å²) in [6.07, 6.45) is 0.757. The van der Waals surface area contributed by atoms with Crippen LogP contribution in [0.25, 0.3) is 0 Å². The van der Waals surface area contributed by atoms with Crippen molar-refractivity contribution < 1.29 is 10.2 Å². The van der Waals surface area contributed by atoms with Gasteiger partial charge in [-0.2, -0.15) is 5.10 Å². The summed E-state index contributed by atoms with van der Waals surface area (Å²) in [7, 11) is 1.80. The SMILES string of the molecule is Cn1ncnc1CNCC(O)CO. The summed E-state index contributed by atoms with van der Waals surface area (Å²) >= 11 is 0. The van der Waals surface area contributed by atoms with E-state index in [-0.39, 0.29) is 6.61 Å². The molecule has 1 heterocycles. The van der Waals surface area contributed by atoms with Crippen molar-refractivity contribution in [3.63, 3.8) is 0 Å². The molecule has 0 aromatic carbocycles. The van der Waals surface area contributed by atoms with Crippen molar-refractivity contribution in [2.75, 3.05) is 13.2 Å². The fraction of sp³-hybridized carbons (Fsp3) is 0.714. The summed E-state index contributed by atoms with van der Waals surface area (Å²) in [5, 5.41) is 24.4. The van der Waals surface area contributed by atoms with Crippen LogP contribution in [0.4, 0.5) is 0 Å². The van der Waals surface area contributed by atoms with Crippen molar-refractivity contribution in [2.24, 2.45) is 7.05 Å². The number of nitrogens with one attached hydrogen (secondary N) is 1. The van der Waals surface area contributed by atoms with Gasteiger partial charge in [-0.1, -0.05) is 0 Å². The van der Waals surface area contributed by atoms with Gasteiger partial charge in [0.05, 0.1) is 19.3 Å². The Bertz CT molecular complexity index is 250. The summed E-state index contributed by atoms with van der Waals surface area (Å²) < 4.78 is 1.65. The lowest BCUT2D eigenvalue weighted by molar-refractivity contribution is 0.0940. The minimum Gasteiger partial charge on any atom is -0.394 e. The molecule has 0 aliphatic rings. The second kappa shape index (κ2) is 4.90. The van der Waals surface area contributed by atoms with Crippen molar-refractivity contribution >= 4 is 0 Å². The largest absolute Gasteiger partial charge is 0.394 e. The fourth-order valence-corrected chi connectivity index (χ4v) is 0.895. The third-order valence-corrected chi connectivity index (χ3v) is 1.68. The molecule has 0 saturated carbocycles. The highest BCUT2D eigenvalue weighted by atomic mass is 16.3. The quantitative estimate of drug-likeness (QED) is 0.508. The highest BCUT2D eigenvalue weighted by Crippen LogP contribution is 1.89. The third kappa shape index (κ3) is 3.10. The molecule has 0 radical (unpaired) electrons. The van der Waals surface area contributed by atoms with Gasteiger partial charge in [-0.05, 0) is 0 Å². The number of hydrogen-bond donors (Lipinski definition) is 3. The molecule has 0 aliphatic heterocycles. The molecule has 0 saturated heterocycles. The van der Waals surface area contributed by atoms with Crippen LogP contribution in [-0.2, 0) is 13.6 Å². The van der Waals surface area contributed by atoms with E-state index >= 15 is 0 Å². The smallest absolute Gasteiger partial charge is 0.140 e. The minimum atomic E-state index is -0.715. The summed E-state index contributed by atoms with van der Waals surface area (Å²) in [6, 6.07) is 0. The van der Waals surface area contributed by atoms with Crippen LogP contribution in [0.1, 0.15) is 5.82 Å². The first-order valence-corrected chi connectivity index (χ1v) is 4.06. The summed E-state index contributed by atoms with van der Waals surface area (Å²) in [5.74, 6) is 0.796. The Morgan fingerprint density at radius 3 is 3.00 bits per heavy atom. The molecular formula is C7H14N4O2. The maximum atomic E-state index is 9.00. The van der Waals surface area contributed by atoms with Gasteiger partial charge in [0.2, 0.25) is 0 Å². The van der Waals surface area contributed by atoms with Gasteiger partial charge in [0.1, 0.15) is 12.2 Å². The number of aromatic nitrogens is 3. The molecule has 0 bridgehead atoms. The number of nitrogens with zero attached hydrogens (tertiary/aromatic N) is 3. The summed E-state index contributed by atoms with van der Waals surface area (Å²) in [6.45, 7) is 0.655. The Hall–Kier alpha value is -0.980. The van der Waals surface area contributed by atoms with Crippen LogP contribution in [0.5, 0.6) is 0 Å². The zero-order valence-corrected chi connectivity index (χ0v) is 7.51. The number of aliphatic hydroxyl groups excluding tert-OH is 2. The topological polar surface area (TPSA) is 83.2 Å². The normalized spacial score (nSPS) is 13.2. The van der Waals surface area contributed by atoms with Crippen LogP contribution in [-0.4, -0.2) is 44.2 Å². The lowest BCUT2D eigenvalue weighted by Gasteiger charge is -2.07. The van der Waals surface area contributed by atoms with Gasteiger partial charge in [0.15, 0.2) is 0 Å². The second-order valence-corrected chi connectivity index (χ2v) is 2.77. The van der Waals surface area contributed by atoms with Crippen molar-refractivity contribution in [1.29, 1.82) is 0 Å². The van der Waals surface area contributed by atoms with Gasteiger partial charge in [-0.3, -0.25) is 4.68 Å². The first kappa shape index (κ1) is 10.1. The van der Waals surface area contributed by atoms with E-state index < -0.39 is 6.10 Å². The van der Waals surface area contributed by atoms with Gasteiger partial charge in [0.25, 0.3) is 0 Å². The van der Waals surface area contributed by atoms with Crippen molar-refractivity contribution in [3.8, 4) is 0 Å². The average Bonchev–Trinajstić information content (AvgIpc) is 2.52. The Morgan fingerprint density at radius 2 is 2.46 bits per heavy atom. The molecule has 13 heavy (non-hydrogen) atoms. The predicted octanol–water partition coefficient (Wildman–Crippen LogP) is -1.74. The third-order valence-electron chi connectivity index (χ3n) is 1.68. The molecule has 1 unspecified atom stereocenters. The van der Waals surface area contributed by atoms with E-state index in [9.17, 15) is 0 Å². The van der Waals surface area contributed by atoms with E-state index in [4.69, 9.17) is 10.2 Å². The van der Waals surface area contributed by atoms with Gasteiger partial charge in [-0.15, -0.1) is 0 Å². The minimum absolute atomic E-state index is 0.230. The molecule has 6 heteroatoms. The maximum absolute atomic E-state index is 9.00. The number of aryl methyl sites for hydroxylation is 1. The van der Waals surface area contributed by atoms with Crippen LogP contribution >= 0.6 is 0 Å². The molecule has 0 spiro atoms. The maximum Gasteiger partial charge on any atom is 0.140 e. The molecule has 74 valence electrons. The zero-order valence-electron chi connectivity index (χ0n) is 7.51.